The van der Waals surface area contributed by atoms with Gasteiger partial charge in [-0.1, -0.05) is 15.9 Å². The number of aromatic carboxylic acids is 1. The Bertz CT molecular complexity index is 697. The highest BCUT2D eigenvalue weighted by Crippen LogP contribution is 2.18. The molecule has 0 unspecified atom stereocenters. The molecule has 5 nitrogen and oxygen atoms in total. The van der Waals surface area contributed by atoms with Crippen LogP contribution in [-0.4, -0.2) is 22.0 Å². The van der Waals surface area contributed by atoms with Gasteiger partial charge in [0, 0.05) is 10.0 Å². The largest absolute Gasteiger partial charge is 0.477 e. The van der Waals surface area contributed by atoms with E-state index in [0.29, 0.717) is 15.2 Å². The molecule has 1 aromatic carbocycles. The fourth-order valence-corrected chi connectivity index (χ4v) is 2.98. The van der Waals surface area contributed by atoms with Gasteiger partial charge in [0.1, 0.15) is 15.7 Å². The molecule has 0 bridgehead atoms. The predicted octanol–water partition coefficient (Wildman–Crippen LogP) is 2.98. The van der Waals surface area contributed by atoms with Gasteiger partial charge in [-0.05, 0) is 25.1 Å². The van der Waals surface area contributed by atoms with E-state index in [-0.39, 0.29) is 17.0 Å². The monoisotopic (exact) mass is 372 g/mol. The predicted molar refractivity (Wildman–Crippen MR) is 79.1 cm³/mol. The van der Waals surface area contributed by atoms with Crippen molar-refractivity contribution in [3.05, 3.63) is 49.6 Å². The second-order valence-electron chi connectivity index (χ2n) is 4.17. The molecule has 2 rings (SSSR count). The average molecular weight is 373 g/mol. The minimum absolute atomic E-state index is 0.0890. The zero-order valence-electron chi connectivity index (χ0n) is 10.8. The minimum Gasteiger partial charge on any atom is -0.477 e. The molecule has 1 aromatic heterocycles. The molecule has 0 fully saturated rings. The second kappa shape index (κ2) is 6.31. The summed E-state index contributed by atoms with van der Waals surface area (Å²) in [6, 6.07) is 3.87. The number of nitrogens with one attached hydrogen (secondary N) is 1. The number of nitrogens with zero attached hydrogens (tertiary/aromatic N) is 1. The van der Waals surface area contributed by atoms with Crippen LogP contribution in [0.2, 0.25) is 0 Å². The molecule has 0 spiro atoms. The fourth-order valence-electron chi connectivity index (χ4n) is 1.67. The summed E-state index contributed by atoms with van der Waals surface area (Å²) >= 11 is 4.11. The van der Waals surface area contributed by atoms with Crippen molar-refractivity contribution >= 4 is 39.1 Å². The van der Waals surface area contributed by atoms with Gasteiger partial charge in [-0.3, -0.25) is 4.79 Å². The standard InChI is InChI=1S/C13H10BrFN2O3S/c1-6-11(13(19)20)21-10(17-6)5-16-12(18)7-2-8(14)4-9(15)3-7/h2-4H,5H2,1H3,(H,16,18)(H,19,20). The summed E-state index contributed by atoms with van der Waals surface area (Å²) in [5, 5.41) is 12.0. The van der Waals surface area contributed by atoms with Crippen LogP contribution in [0.1, 0.15) is 30.7 Å². The normalized spacial score (nSPS) is 10.4. The van der Waals surface area contributed by atoms with Crippen LogP contribution in [0.4, 0.5) is 4.39 Å². The van der Waals surface area contributed by atoms with Crippen molar-refractivity contribution in [2.24, 2.45) is 0 Å². The number of carboxylic acid groups (broad SMARTS) is 1. The summed E-state index contributed by atoms with van der Waals surface area (Å²) < 4.78 is 13.7. The number of aromatic nitrogens is 1. The maximum atomic E-state index is 13.2. The van der Waals surface area contributed by atoms with Gasteiger partial charge in [0.05, 0.1) is 12.2 Å². The van der Waals surface area contributed by atoms with Gasteiger partial charge in [0.2, 0.25) is 0 Å². The zero-order valence-corrected chi connectivity index (χ0v) is 13.2. The lowest BCUT2D eigenvalue weighted by Gasteiger charge is -2.04. The molecule has 0 atom stereocenters. The molecule has 2 aromatic rings. The summed E-state index contributed by atoms with van der Waals surface area (Å²) in [6.45, 7) is 1.68. The van der Waals surface area contributed by atoms with Gasteiger partial charge in [-0.25, -0.2) is 14.2 Å². The Morgan fingerprint density at radius 3 is 2.71 bits per heavy atom. The molecule has 0 saturated heterocycles. The summed E-state index contributed by atoms with van der Waals surface area (Å²) in [6.07, 6.45) is 0. The van der Waals surface area contributed by atoms with Crippen LogP contribution in [0.3, 0.4) is 0 Å². The molecule has 8 heteroatoms. The molecule has 2 N–H and O–H groups in total. The topological polar surface area (TPSA) is 79.3 Å². The first-order valence-electron chi connectivity index (χ1n) is 5.80. The van der Waals surface area contributed by atoms with E-state index >= 15 is 0 Å². The van der Waals surface area contributed by atoms with E-state index in [0.717, 1.165) is 17.4 Å². The highest BCUT2D eigenvalue weighted by Gasteiger charge is 2.15. The third-order valence-electron chi connectivity index (χ3n) is 2.56. The van der Waals surface area contributed by atoms with Crippen molar-refractivity contribution in [2.75, 3.05) is 0 Å². The van der Waals surface area contributed by atoms with Crippen molar-refractivity contribution in [3.8, 4) is 0 Å². The first kappa shape index (κ1) is 15.6. The average Bonchev–Trinajstić information content (AvgIpc) is 2.76. The number of rotatable bonds is 4. The SMILES string of the molecule is Cc1nc(CNC(=O)c2cc(F)cc(Br)c2)sc1C(=O)O. The number of benzene rings is 1. The van der Waals surface area contributed by atoms with Crippen molar-refractivity contribution in [2.45, 2.75) is 13.5 Å². The van der Waals surface area contributed by atoms with Crippen LogP contribution in [-0.2, 0) is 6.54 Å². The van der Waals surface area contributed by atoms with E-state index in [1.54, 1.807) is 6.92 Å². The number of halogens is 2. The van der Waals surface area contributed by atoms with Gasteiger partial charge in [0.25, 0.3) is 5.91 Å². The third-order valence-corrected chi connectivity index (χ3v) is 4.16. The van der Waals surface area contributed by atoms with E-state index in [4.69, 9.17) is 5.11 Å². The number of carboxylic acids is 1. The van der Waals surface area contributed by atoms with Crippen LogP contribution in [0.25, 0.3) is 0 Å². The summed E-state index contributed by atoms with van der Waals surface area (Å²) in [5.41, 5.74) is 0.582. The van der Waals surface area contributed by atoms with Crippen LogP contribution < -0.4 is 5.32 Å². The van der Waals surface area contributed by atoms with Crippen LogP contribution in [0, 0.1) is 12.7 Å². The molecule has 21 heavy (non-hydrogen) atoms. The van der Waals surface area contributed by atoms with E-state index < -0.39 is 17.7 Å². The van der Waals surface area contributed by atoms with E-state index in [1.807, 2.05) is 0 Å². The Hall–Kier alpha value is -1.80. The molecule has 0 saturated carbocycles. The fraction of sp³-hybridized carbons (Fsp3) is 0.154. The van der Waals surface area contributed by atoms with Crippen molar-refractivity contribution in [1.82, 2.24) is 10.3 Å². The van der Waals surface area contributed by atoms with Gasteiger partial charge in [0.15, 0.2) is 0 Å². The molecule has 0 aliphatic heterocycles. The Kier molecular flexibility index (Phi) is 4.69. The molecule has 0 radical (unpaired) electrons. The Balaban J connectivity index is 2.07. The summed E-state index contributed by atoms with van der Waals surface area (Å²) in [5.74, 6) is -2.02. The van der Waals surface area contributed by atoms with Crippen molar-refractivity contribution in [1.29, 1.82) is 0 Å². The minimum atomic E-state index is -1.04. The number of hydrogen-bond donors (Lipinski definition) is 2. The molecule has 1 amide bonds. The number of aryl methyl sites for hydroxylation is 1. The van der Waals surface area contributed by atoms with Gasteiger partial charge in [-0.2, -0.15) is 0 Å². The number of thiazole rings is 1. The second-order valence-corrected chi connectivity index (χ2v) is 6.17. The van der Waals surface area contributed by atoms with E-state index in [9.17, 15) is 14.0 Å². The van der Waals surface area contributed by atoms with E-state index in [1.165, 1.54) is 12.1 Å². The molecule has 0 aliphatic carbocycles. The Labute approximate surface area is 132 Å². The Morgan fingerprint density at radius 1 is 1.43 bits per heavy atom. The zero-order chi connectivity index (χ0) is 15.6. The van der Waals surface area contributed by atoms with Crippen LogP contribution in [0.15, 0.2) is 22.7 Å². The maximum Gasteiger partial charge on any atom is 0.347 e. The smallest absolute Gasteiger partial charge is 0.347 e. The first-order valence-corrected chi connectivity index (χ1v) is 7.41. The third kappa shape index (κ3) is 3.85. The lowest BCUT2D eigenvalue weighted by atomic mass is 10.2. The number of hydrogen-bond acceptors (Lipinski definition) is 4. The first-order chi connectivity index (χ1) is 9.86. The summed E-state index contributed by atoms with van der Waals surface area (Å²) in [7, 11) is 0. The Morgan fingerprint density at radius 2 is 2.14 bits per heavy atom. The lowest BCUT2D eigenvalue weighted by molar-refractivity contribution is 0.0701. The van der Waals surface area contributed by atoms with Crippen LogP contribution in [0.5, 0.6) is 0 Å². The van der Waals surface area contributed by atoms with Crippen molar-refractivity contribution < 1.29 is 19.1 Å². The molecule has 1 heterocycles. The summed E-state index contributed by atoms with van der Waals surface area (Å²) in [4.78, 5) is 27.0. The van der Waals surface area contributed by atoms with E-state index in [2.05, 4.69) is 26.2 Å². The van der Waals surface area contributed by atoms with Crippen LogP contribution >= 0.6 is 27.3 Å². The van der Waals surface area contributed by atoms with Gasteiger partial charge in [-0.15, -0.1) is 11.3 Å². The molecule has 0 aliphatic rings. The van der Waals surface area contributed by atoms with Gasteiger partial charge < -0.3 is 10.4 Å². The van der Waals surface area contributed by atoms with Crippen molar-refractivity contribution in [3.63, 3.8) is 0 Å². The number of carbonyl (C=O) groups excluding carboxylic acids is 1. The van der Waals surface area contributed by atoms with Gasteiger partial charge >= 0.3 is 5.97 Å². The highest BCUT2D eigenvalue weighted by atomic mass is 79.9. The molecular formula is C13H10BrFN2O3S. The molecule has 110 valence electrons. The quantitative estimate of drug-likeness (QED) is 0.864. The maximum absolute atomic E-state index is 13.2. The highest BCUT2D eigenvalue weighted by molar-refractivity contribution is 9.10. The lowest BCUT2D eigenvalue weighted by Crippen LogP contribution is -2.22. The number of amides is 1. The number of carbonyl (C=O) groups is 2. The molecular weight excluding hydrogens is 363 g/mol.